The second-order valence-corrected chi connectivity index (χ2v) is 7.57. The predicted molar refractivity (Wildman–Crippen MR) is 107 cm³/mol. The highest BCUT2D eigenvalue weighted by Gasteiger charge is 2.12. The zero-order valence-corrected chi connectivity index (χ0v) is 15.8. The van der Waals surface area contributed by atoms with Crippen molar-refractivity contribution in [2.45, 2.75) is 17.5 Å². The van der Waals surface area contributed by atoms with Crippen molar-refractivity contribution in [1.29, 1.82) is 0 Å². The first-order valence-corrected chi connectivity index (χ1v) is 9.97. The number of nitrogens with zero attached hydrogens (tertiary/aromatic N) is 2. The van der Waals surface area contributed by atoms with E-state index in [-0.39, 0.29) is 0 Å². The van der Waals surface area contributed by atoms with Gasteiger partial charge in [-0.05, 0) is 23.3 Å². The fourth-order valence-corrected chi connectivity index (χ4v) is 4.02. The number of nitrogens with two attached hydrogens (primary N) is 1. The van der Waals surface area contributed by atoms with Gasteiger partial charge >= 0.3 is 0 Å². The molecule has 0 radical (unpaired) electrons. The summed E-state index contributed by atoms with van der Waals surface area (Å²) in [7, 11) is 0. The van der Waals surface area contributed by atoms with Crippen LogP contribution in [0.4, 0.5) is 0 Å². The van der Waals surface area contributed by atoms with Crippen molar-refractivity contribution in [2.24, 2.45) is 5.73 Å². The third kappa shape index (κ3) is 4.32. The number of carbonyl (C=O) groups excluding carboxylic acids is 1. The highest BCUT2D eigenvalue weighted by atomic mass is 32.2. The van der Waals surface area contributed by atoms with Crippen LogP contribution in [0.25, 0.3) is 11.0 Å². The van der Waals surface area contributed by atoms with Gasteiger partial charge in [0.15, 0.2) is 5.16 Å². The normalized spacial score (nSPS) is 15.3. The molecule has 1 aliphatic rings. The Hall–Kier alpha value is -2.35. The van der Waals surface area contributed by atoms with Crippen LogP contribution in [-0.2, 0) is 17.0 Å². The molecular weight excluding hydrogens is 360 g/mol. The molecular formula is C20H22N4O2S. The van der Waals surface area contributed by atoms with Crippen LogP contribution in [0.3, 0.4) is 0 Å². The second-order valence-electron chi connectivity index (χ2n) is 6.60. The monoisotopic (exact) mass is 382 g/mol. The number of morpholine rings is 1. The molecule has 1 aliphatic heterocycles. The molecule has 0 bridgehead atoms. The number of nitrogens with one attached hydrogen (secondary N) is 1. The van der Waals surface area contributed by atoms with E-state index in [2.05, 4.69) is 39.1 Å². The summed E-state index contributed by atoms with van der Waals surface area (Å²) in [6.45, 7) is 4.61. The molecule has 27 heavy (non-hydrogen) atoms. The standard InChI is InChI=1S/C20H22N4O2S/c21-19(25)16-2-1-3-17-18(16)23-20(22-17)27-13-15-6-4-14(5-7-15)12-24-8-10-26-11-9-24/h1-7H,8-13H2,(H2,21,25)(H,22,23). The largest absolute Gasteiger partial charge is 0.379 e. The molecule has 140 valence electrons. The van der Waals surface area contributed by atoms with Crippen molar-refractivity contribution in [2.75, 3.05) is 26.3 Å². The van der Waals surface area contributed by atoms with Crippen LogP contribution in [0.5, 0.6) is 0 Å². The number of ether oxygens (including phenoxy) is 1. The quantitative estimate of drug-likeness (QED) is 0.641. The van der Waals surface area contributed by atoms with Crippen LogP contribution in [0.15, 0.2) is 47.6 Å². The van der Waals surface area contributed by atoms with Gasteiger partial charge in [-0.15, -0.1) is 0 Å². The molecule has 0 spiro atoms. The van der Waals surface area contributed by atoms with Gasteiger partial charge in [-0.25, -0.2) is 4.98 Å². The molecule has 0 saturated carbocycles. The number of benzene rings is 2. The average Bonchev–Trinajstić information content (AvgIpc) is 3.11. The van der Waals surface area contributed by atoms with Gasteiger partial charge in [0.2, 0.25) is 0 Å². The number of imidazole rings is 1. The Labute approximate surface area is 162 Å². The number of hydrogen-bond donors (Lipinski definition) is 2. The van der Waals surface area contributed by atoms with Crippen molar-refractivity contribution in [1.82, 2.24) is 14.9 Å². The summed E-state index contributed by atoms with van der Waals surface area (Å²) in [6, 6.07) is 14.1. The second kappa shape index (κ2) is 8.12. The first-order chi connectivity index (χ1) is 13.2. The van der Waals surface area contributed by atoms with Gasteiger partial charge < -0.3 is 15.5 Å². The van der Waals surface area contributed by atoms with Crippen molar-refractivity contribution in [3.63, 3.8) is 0 Å². The van der Waals surface area contributed by atoms with Gasteiger partial charge in [0, 0.05) is 25.4 Å². The molecule has 1 amide bonds. The molecule has 2 aromatic carbocycles. The summed E-state index contributed by atoms with van der Waals surface area (Å²) in [6.07, 6.45) is 0. The maximum absolute atomic E-state index is 11.5. The highest BCUT2D eigenvalue weighted by Crippen LogP contribution is 2.25. The summed E-state index contributed by atoms with van der Waals surface area (Å²) < 4.78 is 5.39. The Morgan fingerprint density at radius 3 is 2.63 bits per heavy atom. The van der Waals surface area contributed by atoms with E-state index in [9.17, 15) is 4.79 Å². The van der Waals surface area contributed by atoms with Gasteiger partial charge in [0.1, 0.15) is 5.52 Å². The number of H-pyrrole nitrogens is 1. The maximum atomic E-state index is 11.5. The van der Waals surface area contributed by atoms with Gasteiger partial charge in [-0.1, -0.05) is 42.1 Å². The third-order valence-electron chi connectivity index (χ3n) is 4.66. The van der Waals surface area contributed by atoms with Crippen LogP contribution in [0.2, 0.25) is 0 Å². The number of aromatic amines is 1. The summed E-state index contributed by atoms with van der Waals surface area (Å²) in [5.41, 5.74) is 9.89. The van der Waals surface area contributed by atoms with Crippen LogP contribution in [0.1, 0.15) is 21.5 Å². The Kier molecular flexibility index (Phi) is 5.42. The average molecular weight is 382 g/mol. The molecule has 2 heterocycles. The number of aromatic nitrogens is 2. The first-order valence-electron chi connectivity index (χ1n) is 8.98. The minimum absolute atomic E-state index is 0.447. The maximum Gasteiger partial charge on any atom is 0.250 e. The van der Waals surface area contributed by atoms with Gasteiger partial charge in [0.05, 0.1) is 24.3 Å². The molecule has 3 N–H and O–H groups in total. The molecule has 3 aromatic rings. The molecule has 1 aromatic heterocycles. The van der Waals surface area contributed by atoms with Crippen molar-refractivity contribution in [3.8, 4) is 0 Å². The summed E-state index contributed by atoms with van der Waals surface area (Å²) in [4.78, 5) is 21.7. The van der Waals surface area contributed by atoms with Gasteiger partial charge in [-0.3, -0.25) is 9.69 Å². The summed E-state index contributed by atoms with van der Waals surface area (Å²) >= 11 is 1.62. The van der Waals surface area contributed by atoms with Crippen LogP contribution >= 0.6 is 11.8 Å². The number of hydrogen-bond acceptors (Lipinski definition) is 5. The van der Waals surface area contributed by atoms with Gasteiger partial charge in [-0.2, -0.15) is 0 Å². The molecule has 0 aliphatic carbocycles. The third-order valence-corrected chi connectivity index (χ3v) is 5.61. The van der Waals surface area contributed by atoms with E-state index >= 15 is 0 Å². The summed E-state index contributed by atoms with van der Waals surface area (Å²) in [5, 5.41) is 0.788. The van der Waals surface area contributed by atoms with E-state index in [1.165, 1.54) is 11.1 Å². The zero-order valence-electron chi connectivity index (χ0n) is 15.0. The van der Waals surface area contributed by atoms with E-state index < -0.39 is 5.91 Å². The Bertz CT molecular complexity index is 933. The molecule has 7 heteroatoms. The number of amides is 1. The predicted octanol–water partition coefficient (Wildman–Crippen LogP) is 2.79. The Balaban J connectivity index is 1.39. The first kappa shape index (κ1) is 18.0. The fourth-order valence-electron chi connectivity index (χ4n) is 3.19. The highest BCUT2D eigenvalue weighted by molar-refractivity contribution is 7.98. The fraction of sp³-hybridized carbons (Fsp3) is 0.300. The smallest absolute Gasteiger partial charge is 0.250 e. The topological polar surface area (TPSA) is 84.2 Å². The van der Waals surface area contributed by atoms with Crippen molar-refractivity contribution < 1.29 is 9.53 Å². The lowest BCUT2D eigenvalue weighted by Gasteiger charge is -2.26. The number of rotatable bonds is 6. The molecule has 6 nitrogen and oxygen atoms in total. The minimum Gasteiger partial charge on any atom is -0.379 e. The lowest BCUT2D eigenvalue weighted by Crippen LogP contribution is -2.35. The molecule has 0 atom stereocenters. The molecule has 4 rings (SSSR count). The lowest BCUT2D eigenvalue weighted by molar-refractivity contribution is 0.0342. The number of carbonyl (C=O) groups is 1. The number of primary amides is 1. The van der Waals surface area contributed by atoms with Crippen LogP contribution in [-0.4, -0.2) is 47.1 Å². The number of para-hydroxylation sites is 1. The molecule has 1 saturated heterocycles. The SMILES string of the molecule is NC(=O)c1cccc2[nH]c(SCc3ccc(CN4CCOCC4)cc3)nc12. The number of thioether (sulfide) groups is 1. The Morgan fingerprint density at radius 2 is 1.89 bits per heavy atom. The molecule has 0 unspecified atom stereocenters. The van der Waals surface area contributed by atoms with Crippen LogP contribution in [0, 0.1) is 0 Å². The molecule has 1 fully saturated rings. The van der Waals surface area contributed by atoms with E-state index in [0.717, 1.165) is 49.3 Å². The lowest BCUT2D eigenvalue weighted by atomic mass is 10.1. The van der Waals surface area contributed by atoms with Crippen LogP contribution < -0.4 is 5.73 Å². The Morgan fingerprint density at radius 1 is 1.15 bits per heavy atom. The van der Waals surface area contributed by atoms with Crippen molar-refractivity contribution >= 4 is 28.7 Å². The van der Waals surface area contributed by atoms with E-state index in [1.807, 2.05) is 12.1 Å². The van der Waals surface area contributed by atoms with E-state index in [4.69, 9.17) is 10.5 Å². The number of fused-ring (bicyclic) bond motifs is 1. The van der Waals surface area contributed by atoms with Crippen molar-refractivity contribution in [3.05, 3.63) is 59.2 Å². The van der Waals surface area contributed by atoms with Gasteiger partial charge in [0.25, 0.3) is 5.91 Å². The van der Waals surface area contributed by atoms with E-state index in [1.54, 1.807) is 17.8 Å². The van der Waals surface area contributed by atoms with E-state index in [0.29, 0.717) is 11.1 Å². The minimum atomic E-state index is -0.459. The zero-order chi connectivity index (χ0) is 18.6. The summed E-state index contributed by atoms with van der Waals surface area (Å²) in [5.74, 6) is 0.350.